The average molecular weight is 394 g/mol. The van der Waals surface area contributed by atoms with Gasteiger partial charge in [0, 0.05) is 36.8 Å². The second-order valence-corrected chi connectivity index (χ2v) is 5.49. The summed E-state index contributed by atoms with van der Waals surface area (Å²) in [5.74, 6) is 0. The fraction of sp³-hybridized carbons (Fsp3) is 1.00. The van der Waals surface area contributed by atoms with E-state index in [-0.39, 0.29) is 13.1 Å². The topological polar surface area (TPSA) is 105 Å². The lowest BCUT2D eigenvalue weighted by Gasteiger charge is -2.26. The zero-order valence-electron chi connectivity index (χ0n) is 10.1. The van der Waals surface area contributed by atoms with Gasteiger partial charge in [-0.15, -0.1) is 0 Å². The van der Waals surface area contributed by atoms with Crippen molar-refractivity contribution in [3.63, 3.8) is 0 Å². The second-order valence-electron chi connectivity index (χ2n) is 3.90. The first kappa shape index (κ1) is 18.7. The lowest BCUT2D eigenvalue weighted by molar-refractivity contribution is -0.102. The number of aliphatic hydroxyl groups is 4. The molecule has 0 bridgehead atoms. The highest BCUT2D eigenvalue weighted by molar-refractivity contribution is 9.09. The summed E-state index contributed by atoms with van der Waals surface area (Å²) in [6.45, 7) is 1.61. The zero-order chi connectivity index (χ0) is 14.0. The second kappa shape index (κ2) is 11.5. The number of hydrogen-bond donors (Lipinski definition) is 6. The van der Waals surface area contributed by atoms with Crippen molar-refractivity contribution in [2.45, 2.75) is 24.4 Å². The number of nitrogens with one attached hydrogen (secondary N) is 2. The Hall–Kier alpha value is 0.720. The minimum Gasteiger partial charge on any atom is -0.389 e. The van der Waals surface area contributed by atoms with Crippen molar-refractivity contribution in [2.24, 2.45) is 0 Å². The maximum atomic E-state index is 9.66. The molecule has 0 aliphatic heterocycles. The number of aliphatic hydroxyl groups excluding tert-OH is 4. The van der Waals surface area contributed by atoms with Crippen molar-refractivity contribution in [1.82, 2.24) is 10.6 Å². The molecule has 8 heteroatoms. The van der Waals surface area contributed by atoms with Crippen LogP contribution in [-0.2, 0) is 0 Å². The summed E-state index contributed by atoms with van der Waals surface area (Å²) in [7, 11) is 0. The van der Waals surface area contributed by atoms with Crippen LogP contribution in [0, 0.1) is 0 Å². The molecular formula is C10H22Br2N2O4. The standard InChI is InChI=1S/C10H22Br2N2O4/c11-1-3-13-5-7(15)9(17)10(18)8(16)6-14-4-2-12/h7-10,13-18H,1-6H2/t7-,8-,9-,10-/m1/s1. The first-order valence-corrected chi connectivity index (χ1v) is 8.04. The molecule has 0 aliphatic rings. The number of halogens is 2. The van der Waals surface area contributed by atoms with Crippen LogP contribution in [0.4, 0.5) is 0 Å². The molecule has 0 unspecified atom stereocenters. The summed E-state index contributed by atoms with van der Waals surface area (Å²) in [6.07, 6.45) is -5.00. The van der Waals surface area contributed by atoms with Crippen LogP contribution in [0.15, 0.2) is 0 Å². The third-order valence-electron chi connectivity index (χ3n) is 2.39. The molecule has 0 saturated heterocycles. The van der Waals surface area contributed by atoms with Gasteiger partial charge in [0.15, 0.2) is 0 Å². The minimum absolute atomic E-state index is 0.158. The lowest BCUT2D eigenvalue weighted by Crippen LogP contribution is -2.50. The Kier molecular flexibility index (Phi) is 12.0. The van der Waals surface area contributed by atoms with Crippen LogP contribution in [0.3, 0.4) is 0 Å². The van der Waals surface area contributed by atoms with Gasteiger partial charge in [-0.3, -0.25) is 0 Å². The van der Waals surface area contributed by atoms with Crippen LogP contribution in [-0.4, -0.2) is 81.7 Å². The fourth-order valence-corrected chi connectivity index (χ4v) is 1.89. The first-order valence-electron chi connectivity index (χ1n) is 5.80. The van der Waals surface area contributed by atoms with Crippen LogP contribution >= 0.6 is 31.9 Å². The van der Waals surface area contributed by atoms with Gasteiger partial charge in [-0.25, -0.2) is 0 Å². The van der Waals surface area contributed by atoms with Gasteiger partial charge in [-0.1, -0.05) is 31.9 Å². The van der Waals surface area contributed by atoms with Gasteiger partial charge in [0.05, 0.1) is 12.2 Å². The Labute approximate surface area is 124 Å². The molecule has 0 amide bonds. The molecule has 0 saturated carbocycles. The van der Waals surface area contributed by atoms with Crippen molar-refractivity contribution in [1.29, 1.82) is 0 Å². The summed E-state index contributed by atoms with van der Waals surface area (Å²) in [4.78, 5) is 0. The van der Waals surface area contributed by atoms with E-state index in [4.69, 9.17) is 0 Å². The maximum absolute atomic E-state index is 9.66. The van der Waals surface area contributed by atoms with Crippen LogP contribution in [0.5, 0.6) is 0 Å². The highest BCUT2D eigenvalue weighted by Gasteiger charge is 2.29. The van der Waals surface area contributed by atoms with E-state index in [2.05, 4.69) is 42.5 Å². The van der Waals surface area contributed by atoms with E-state index in [1.165, 1.54) is 0 Å². The van der Waals surface area contributed by atoms with Gasteiger partial charge in [0.25, 0.3) is 0 Å². The average Bonchev–Trinajstić information content (AvgIpc) is 2.37. The van der Waals surface area contributed by atoms with Gasteiger partial charge in [0.2, 0.25) is 0 Å². The Morgan fingerprint density at radius 2 is 1.06 bits per heavy atom. The van der Waals surface area contributed by atoms with E-state index in [0.717, 1.165) is 10.7 Å². The molecule has 0 radical (unpaired) electrons. The van der Waals surface area contributed by atoms with E-state index in [1.807, 2.05) is 0 Å². The van der Waals surface area contributed by atoms with E-state index >= 15 is 0 Å². The van der Waals surface area contributed by atoms with Crippen molar-refractivity contribution in [3.05, 3.63) is 0 Å². The smallest absolute Gasteiger partial charge is 0.110 e. The molecule has 110 valence electrons. The van der Waals surface area contributed by atoms with Crippen LogP contribution in [0.1, 0.15) is 0 Å². The van der Waals surface area contributed by atoms with Gasteiger partial charge < -0.3 is 31.1 Å². The molecule has 0 aromatic carbocycles. The molecule has 18 heavy (non-hydrogen) atoms. The van der Waals surface area contributed by atoms with Crippen molar-refractivity contribution >= 4 is 31.9 Å². The third-order valence-corrected chi connectivity index (χ3v) is 3.18. The van der Waals surface area contributed by atoms with E-state index in [0.29, 0.717) is 13.1 Å². The van der Waals surface area contributed by atoms with Crippen LogP contribution in [0.25, 0.3) is 0 Å². The number of rotatable bonds is 11. The molecule has 0 heterocycles. The monoisotopic (exact) mass is 392 g/mol. The normalized spacial score (nSPS) is 18.3. The molecule has 0 spiro atoms. The summed E-state index contributed by atoms with van der Waals surface area (Å²) in [6, 6.07) is 0. The maximum Gasteiger partial charge on any atom is 0.110 e. The third kappa shape index (κ3) is 8.00. The molecular weight excluding hydrogens is 372 g/mol. The molecule has 0 fully saturated rings. The Balaban J connectivity index is 3.93. The Bertz CT molecular complexity index is 183. The zero-order valence-corrected chi connectivity index (χ0v) is 13.3. The van der Waals surface area contributed by atoms with Crippen molar-refractivity contribution in [2.75, 3.05) is 36.8 Å². The number of hydrogen-bond acceptors (Lipinski definition) is 6. The van der Waals surface area contributed by atoms with E-state index in [9.17, 15) is 20.4 Å². The van der Waals surface area contributed by atoms with Gasteiger partial charge in [0.1, 0.15) is 12.2 Å². The summed E-state index contributed by atoms with van der Waals surface area (Å²) < 4.78 is 0. The molecule has 6 N–H and O–H groups in total. The number of alkyl halides is 2. The molecule has 0 aromatic heterocycles. The van der Waals surface area contributed by atoms with Crippen molar-refractivity contribution < 1.29 is 20.4 Å². The summed E-state index contributed by atoms with van der Waals surface area (Å²) in [5.41, 5.74) is 0. The van der Waals surface area contributed by atoms with Gasteiger partial charge >= 0.3 is 0 Å². The fourth-order valence-electron chi connectivity index (χ4n) is 1.33. The Morgan fingerprint density at radius 3 is 1.33 bits per heavy atom. The highest BCUT2D eigenvalue weighted by atomic mass is 79.9. The summed E-state index contributed by atoms with van der Waals surface area (Å²) in [5, 5.41) is 45.8. The highest BCUT2D eigenvalue weighted by Crippen LogP contribution is 2.04. The molecule has 0 rings (SSSR count). The predicted octanol–water partition coefficient (Wildman–Crippen LogP) is -1.60. The SMILES string of the molecule is O[C@@H]([C@H](O)[C@H](O)CNCCBr)[C@H](O)CNCCBr. The minimum atomic E-state index is -1.38. The van der Waals surface area contributed by atoms with Crippen LogP contribution in [0.2, 0.25) is 0 Å². The van der Waals surface area contributed by atoms with Gasteiger partial charge in [-0.05, 0) is 0 Å². The van der Waals surface area contributed by atoms with Crippen molar-refractivity contribution in [3.8, 4) is 0 Å². The van der Waals surface area contributed by atoms with Crippen LogP contribution < -0.4 is 10.6 Å². The molecule has 4 atom stereocenters. The lowest BCUT2D eigenvalue weighted by atomic mass is 10.0. The molecule has 6 nitrogen and oxygen atoms in total. The predicted molar refractivity (Wildman–Crippen MR) is 77.4 cm³/mol. The first-order chi connectivity index (χ1) is 8.54. The Morgan fingerprint density at radius 1 is 0.722 bits per heavy atom. The molecule has 0 aliphatic carbocycles. The summed E-state index contributed by atoms with van der Waals surface area (Å²) >= 11 is 6.43. The van der Waals surface area contributed by atoms with E-state index in [1.54, 1.807) is 0 Å². The van der Waals surface area contributed by atoms with E-state index < -0.39 is 24.4 Å². The largest absolute Gasteiger partial charge is 0.389 e. The quantitative estimate of drug-likeness (QED) is 0.186. The molecule has 0 aromatic rings. The van der Waals surface area contributed by atoms with Gasteiger partial charge in [-0.2, -0.15) is 0 Å².